The third-order valence-electron chi connectivity index (χ3n) is 2.61. The van der Waals surface area contributed by atoms with Gasteiger partial charge in [0.05, 0.1) is 6.61 Å². The number of nitrogens with two attached hydrogens (primary N) is 1. The molecule has 1 heterocycles. The maximum atomic E-state index is 13.7. The fourth-order valence-corrected chi connectivity index (χ4v) is 2.38. The van der Waals surface area contributed by atoms with Gasteiger partial charge in [0.2, 0.25) is 10.0 Å². The summed E-state index contributed by atoms with van der Waals surface area (Å²) in [7, 11) is -4.29. The number of rotatable bonds is 5. The minimum Gasteiger partial charge on any atom is -0.489 e. The molecule has 0 amide bonds. The zero-order valence-corrected chi connectivity index (χ0v) is 11.6. The first-order chi connectivity index (χ1) is 9.88. The first kappa shape index (κ1) is 15.3. The Hall–Kier alpha value is -2.06. The highest BCUT2D eigenvalue weighted by atomic mass is 32.2. The molecule has 1 aromatic heterocycles. The highest BCUT2D eigenvalue weighted by Crippen LogP contribution is 2.27. The van der Waals surface area contributed by atoms with Gasteiger partial charge in [-0.25, -0.2) is 22.3 Å². The molecular formula is C13H12F2N2O3S. The van der Waals surface area contributed by atoms with E-state index in [0.717, 1.165) is 0 Å². The quantitative estimate of drug-likeness (QED) is 0.909. The van der Waals surface area contributed by atoms with Crippen molar-refractivity contribution in [3.63, 3.8) is 0 Å². The summed E-state index contributed by atoms with van der Waals surface area (Å²) in [4.78, 5) is 3.32. The van der Waals surface area contributed by atoms with Crippen LogP contribution in [0.25, 0.3) is 0 Å². The van der Waals surface area contributed by atoms with Crippen LogP contribution in [0.1, 0.15) is 5.69 Å². The third-order valence-corrected chi connectivity index (χ3v) is 3.53. The molecule has 2 N–H and O–H groups in total. The summed E-state index contributed by atoms with van der Waals surface area (Å²) < 4.78 is 54.6. The Balaban J connectivity index is 2.20. The Morgan fingerprint density at radius 1 is 1.24 bits per heavy atom. The standard InChI is InChI=1S/C13H12F2N2O3S/c14-9-7-11(15)13(12(8-9)21(16,18)19)20-6-4-10-3-1-2-5-17-10/h1-3,5,7-8H,4,6H2,(H2,16,18,19). The van der Waals surface area contributed by atoms with Crippen molar-refractivity contribution >= 4 is 10.0 Å². The molecule has 112 valence electrons. The second-order valence-electron chi connectivity index (χ2n) is 4.18. The summed E-state index contributed by atoms with van der Waals surface area (Å²) in [6, 6.07) is 6.41. The third kappa shape index (κ3) is 3.96. The summed E-state index contributed by atoms with van der Waals surface area (Å²) >= 11 is 0. The lowest BCUT2D eigenvalue weighted by molar-refractivity contribution is 0.294. The van der Waals surface area contributed by atoms with Crippen LogP contribution in [0.2, 0.25) is 0 Å². The molecule has 0 aliphatic heterocycles. The number of primary sulfonamides is 1. The number of benzene rings is 1. The Morgan fingerprint density at radius 3 is 2.62 bits per heavy atom. The minimum atomic E-state index is -4.29. The predicted octanol–water partition coefficient (Wildman–Crippen LogP) is 1.63. The van der Waals surface area contributed by atoms with Crippen LogP contribution >= 0.6 is 0 Å². The van der Waals surface area contributed by atoms with Gasteiger partial charge in [-0.3, -0.25) is 4.98 Å². The van der Waals surface area contributed by atoms with E-state index in [1.807, 2.05) is 0 Å². The van der Waals surface area contributed by atoms with Gasteiger partial charge in [-0.1, -0.05) is 6.07 Å². The van der Waals surface area contributed by atoms with Crippen molar-refractivity contribution in [2.45, 2.75) is 11.3 Å². The zero-order chi connectivity index (χ0) is 15.5. The van der Waals surface area contributed by atoms with E-state index in [-0.39, 0.29) is 6.61 Å². The Morgan fingerprint density at radius 2 is 2.00 bits per heavy atom. The van der Waals surface area contributed by atoms with Gasteiger partial charge in [-0.15, -0.1) is 0 Å². The van der Waals surface area contributed by atoms with Crippen molar-refractivity contribution in [2.24, 2.45) is 5.14 Å². The predicted molar refractivity (Wildman–Crippen MR) is 71.2 cm³/mol. The van der Waals surface area contributed by atoms with Gasteiger partial charge in [-0.2, -0.15) is 0 Å². The van der Waals surface area contributed by atoms with Gasteiger partial charge in [0.25, 0.3) is 0 Å². The summed E-state index contributed by atoms with van der Waals surface area (Å²) in [5.74, 6) is -2.76. The van der Waals surface area contributed by atoms with Crippen LogP contribution in [-0.4, -0.2) is 20.0 Å². The Labute approximate surface area is 120 Å². The smallest absolute Gasteiger partial charge is 0.241 e. The number of halogens is 2. The zero-order valence-electron chi connectivity index (χ0n) is 10.8. The molecule has 0 saturated carbocycles. The van der Waals surface area contributed by atoms with Crippen molar-refractivity contribution in [1.82, 2.24) is 4.98 Å². The SMILES string of the molecule is NS(=O)(=O)c1cc(F)cc(F)c1OCCc1ccccn1. The first-order valence-electron chi connectivity index (χ1n) is 5.92. The van der Waals surface area contributed by atoms with Crippen molar-refractivity contribution < 1.29 is 21.9 Å². The van der Waals surface area contributed by atoms with Crippen molar-refractivity contribution in [2.75, 3.05) is 6.61 Å². The second kappa shape index (κ2) is 6.15. The van der Waals surface area contributed by atoms with E-state index >= 15 is 0 Å². The van der Waals surface area contributed by atoms with Crippen molar-refractivity contribution in [3.05, 3.63) is 53.9 Å². The van der Waals surface area contributed by atoms with Gasteiger partial charge in [0.1, 0.15) is 10.7 Å². The van der Waals surface area contributed by atoms with E-state index in [1.54, 1.807) is 24.4 Å². The number of hydrogen-bond donors (Lipinski definition) is 1. The lowest BCUT2D eigenvalue weighted by atomic mass is 10.3. The minimum absolute atomic E-state index is 0.0257. The number of ether oxygens (including phenoxy) is 1. The summed E-state index contributed by atoms with van der Waals surface area (Å²) in [5, 5.41) is 4.92. The summed E-state index contributed by atoms with van der Waals surface area (Å²) in [6.45, 7) is -0.0257. The molecule has 0 unspecified atom stereocenters. The molecule has 0 fully saturated rings. The van der Waals surface area contributed by atoms with Crippen molar-refractivity contribution in [1.29, 1.82) is 0 Å². The Kier molecular flexibility index (Phi) is 4.49. The van der Waals surface area contributed by atoms with Gasteiger partial charge >= 0.3 is 0 Å². The van der Waals surface area contributed by atoms with E-state index in [2.05, 4.69) is 4.98 Å². The van der Waals surface area contributed by atoms with Gasteiger partial charge < -0.3 is 4.74 Å². The molecule has 0 spiro atoms. The van der Waals surface area contributed by atoms with E-state index < -0.39 is 32.3 Å². The molecule has 0 aliphatic carbocycles. The van der Waals surface area contributed by atoms with Crippen LogP contribution in [0.5, 0.6) is 5.75 Å². The monoisotopic (exact) mass is 314 g/mol. The topological polar surface area (TPSA) is 82.3 Å². The van der Waals surface area contributed by atoms with Gasteiger partial charge in [0.15, 0.2) is 11.6 Å². The number of pyridine rings is 1. The average Bonchev–Trinajstić information content (AvgIpc) is 2.41. The fourth-order valence-electron chi connectivity index (χ4n) is 1.69. The Bertz CT molecular complexity index is 737. The molecule has 8 heteroatoms. The number of hydrogen-bond acceptors (Lipinski definition) is 4. The van der Waals surface area contributed by atoms with Crippen LogP contribution in [-0.2, 0) is 16.4 Å². The van der Waals surface area contributed by atoms with Crippen LogP contribution < -0.4 is 9.88 Å². The van der Waals surface area contributed by atoms with Crippen molar-refractivity contribution in [3.8, 4) is 5.75 Å². The molecule has 0 saturated heterocycles. The van der Waals surface area contributed by atoms with E-state index in [1.165, 1.54) is 0 Å². The van der Waals surface area contributed by atoms with E-state index in [9.17, 15) is 17.2 Å². The van der Waals surface area contributed by atoms with Crippen LogP contribution in [0.4, 0.5) is 8.78 Å². The molecule has 1 aromatic carbocycles. The highest BCUT2D eigenvalue weighted by molar-refractivity contribution is 7.89. The molecule has 5 nitrogen and oxygen atoms in total. The fraction of sp³-hybridized carbons (Fsp3) is 0.154. The van der Waals surface area contributed by atoms with E-state index in [4.69, 9.17) is 9.88 Å². The molecule has 2 aromatic rings. The van der Waals surface area contributed by atoms with Gasteiger partial charge in [-0.05, 0) is 18.2 Å². The molecule has 2 rings (SSSR count). The number of nitrogens with zero attached hydrogens (tertiary/aromatic N) is 1. The molecule has 21 heavy (non-hydrogen) atoms. The maximum absolute atomic E-state index is 13.7. The van der Waals surface area contributed by atoms with Crippen LogP contribution in [0, 0.1) is 11.6 Å². The lowest BCUT2D eigenvalue weighted by Gasteiger charge is -2.11. The second-order valence-corrected chi connectivity index (χ2v) is 5.71. The normalized spacial score (nSPS) is 11.4. The first-order valence-corrected chi connectivity index (χ1v) is 7.47. The summed E-state index contributed by atoms with van der Waals surface area (Å²) in [5.41, 5.74) is 0.692. The summed E-state index contributed by atoms with van der Waals surface area (Å²) in [6.07, 6.45) is 1.92. The molecule has 0 atom stereocenters. The molecule has 0 bridgehead atoms. The number of sulfonamides is 1. The average molecular weight is 314 g/mol. The maximum Gasteiger partial charge on any atom is 0.241 e. The van der Waals surface area contributed by atoms with Crippen LogP contribution in [0.3, 0.4) is 0 Å². The lowest BCUT2D eigenvalue weighted by Crippen LogP contribution is -2.16. The molecule has 0 radical (unpaired) electrons. The highest BCUT2D eigenvalue weighted by Gasteiger charge is 2.21. The van der Waals surface area contributed by atoms with Crippen LogP contribution in [0.15, 0.2) is 41.4 Å². The largest absolute Gasteiger partial charge is 0.489 e. The number of aromatic nitrogens is 1. The molecule has 0 aliphatic rings. The van der Waals surface area contributed by atoms with Gasteiger partial charge in [0, 0.05) is 24.4 Å². The molecular weight excluding hydrogens is 302 g/mol. The van der Waals surface area contributed by atoms with E-state index in [0.29, 0.717) is 24.2 Å².